The number of para-hydroxylation sites is 1. The first kappa shape index (κ1) is 35.0. The third-order valence-electron chi connectivity index (χ3n) is 8.19. The number of halogens is 1. The fourth-order valence-electron chi connectivity index (χ4n) is 5.52. The third-order valence-corrected chi connectivity index (χ3v) is 9.85. The average molecular weight is 686 g/mol. The van der Waals surface area contributed by atoms with Crippen molar-refractivity contribution in [2.24, 2.45) is 17.2 Å². The molecule has 3 aromatic heterocycles. The van der Waals surface area contributed by atoms with Crippen LogP contribution in [0.25, 0.3) is 22.2 Å². The number of aromatic nitrogens is 4. The quantitative estimate of drug-likeness (QED) is 0.0996. The molecule has 11 nitrogen and oxygen atoms in total. The summed E-state index contributed by atoms with van der Waals surface area (Å²) in [7, 11) is 1.63. The van der Waals surface area contributed by atoms with E-state index >= 15 is 0 Å². The highest BCUT2D eigenvalue weighted by Crippen LogP contribution is 2.39. The van der Waals surface area contributed by atoms with Crippen molar-refractivity contribution in [2.45, 2.75) is 60.8 Å². The van der Waals surface area contributed by atoms with E-state index in [0.29, 0.717) is 35.3 Å². The lowest BCUT2D eigenvalue weighted by Crippen LogP contribution is -2.53. The molecule has 0 radical (unpaired) electrons. The number of hydrogen-bond donors (Lipinski definition) is 5. The molecule has 5 rings (SSSR count). The van der Waals surface area contributed by atoms with E-state index in [-0.39, 0.29) is 24.8 Å². The number of H-pyrrole nitrogens is 1. The Morgan fingerprint density at radius 2 is 1.85 bits per heavy atom. The number of benzene rings is 2. The number of amides is 2. The first-order valence-corrected chi connectivity index (χ1v) is 17.0. The number of unbranched alkanes of at least 4 members (excludes halogenated alkanes) is 1. The highest BCUT2D eigenvalue weighted by molar-refractivity contribution is 7.99. The van der Waals surface area contributed by atoms with Crippen molar-refractivity contribution in [1.29, 1.82) is 0 Å². The Balaban J connectivity index is 1.46. The average Bonchev–Trinajstić information content (AvgIpc) is 3.53. The number of nitrogens with zero attached hydrogens (tertiary/aromatic N) is 4. The van der Waals surface area contributed by atoms with Gasteiger partial charge in [-0.1, -0.05) is 54.0 Å². The first-order valence-electron chi connectivity index (χ1n) is 15.8. The number of pyridine rings is 1. The second kappa shape index (κ2) is 16.7. The van der Waals surface area contributed by atoms with Crippen LogP contribution < -0.4 is 22.5 Å². The monoisotopic (exact) mass is 685 g/mol. The Bertz CT molecular complexity index is 1850. The molecule has 0 aliphatic rings. The molecule has 0 unspecified atom stereocenters. The standard InChI is InChI=1S/C35H40ClN9O2S/c1-45(35(47)28(39)9-4-5-11-37)31(17-24-19-43-29-10-3-2-8-26(24)29)33(46)44-20-25-15-23(30-21-40-13-14-41-30)16-27(36)32(25)48-34-22(18-38)7-6-12-42-34/h2-3,6-8,10,12-16,19,21,28,31,43H,4-5,9,11,17-18,20,37-39H2,1H3,(H,44,46)/t28-,31-/m0/s1. The maximum atomic E-state index is 14.2. The fourth-order valence-corrected chi connectivity index (χ4v) is 6.88. The van der Waals surface area contributed by atoms with Crippen LogP contribution in [0.4, 0.5) is 0 Å². The third kappa shape index (κ3) is 8.38. The van der Waals surface area contributed by atoms with Gasteiger partial charge in [0, 0.05) is 72.7 Å². The van der Waals surface area contributed by atoms with E-state index in [1.54, 1.807) is 31.8 Å². The molecule has 0 fully saturated rings. The van der Waals surface area contributed by atoms with Crippen LogP contribution in [0.5, 0.6) is 0 Å². The molecule has 2 atom stereocenters. The van der Waals surface area contributed by atoms with Crippen LogP contribution in [0.3, 0.4) is 0 Å². The molecule has 0 spiro atoms. The summed E-state index contributed by atoms with van der Waals surface area (Å²) in [6.45, 7) is 0.953. The van der Waals surface area contributed by atoms with E-state index in [1.807, 2.05) is 54.7 Å². The summed E-state index contributed by atoms with van der Waals surface area (Å²) >= 11 is 8.30. The minimum Gasteiger partial charge on any atom is -0.361 e. The van der Waals surface area contributed by atoms with Gasteiger partial charge in [0.25, 0.3) is 0 Å². The van der Waals surface area contributed by atoms with E-state index in [2.05, 4.69) is 25.3 Å². The van der Waals surface area contributed by atoms with Gasteiger partial charge in [-0.25, -0.2) is 4.98 Å². The molecular weight excluding hydrogens is 646 g/mol. The molecule has 13 heteroatoms. The van der Waals surface area contributed by atoms with Crippen LogP contribution in [-0.4, -0.2) is 62.3 Å². The van der Waals surface area contributed by atoms with Gasteiger partial charge >= 0.3 is 0 Å². The molecule has 2 aromatic carbocycles. The van der Waals surface area contributed by atoms with E-state index in [4.69, 9.17) is 28.8 Å². The molecule has 48 heavy (non-hydrogen) atoms. The van der Waals surface area contributed by atoms with Gasteiger partial charge in [-0.3, -0.25) is 19.6 Å². The Labute approximate surface area is 289 Å². The molecular formula is C35H40ClN9O2S. The number of carbonyl (C=O) groups is 2. The normalized spacial score (nSPS) is 12.5. The summed E-state index contributed by atoms with van der Waals surface area (Å²) < 4.78 is 0. The molecule has 250 valence electrons. The molecule has 0 aliphatic carbocycles. The molecule has 0 saturated heterocycles. The lowest BCUT2D eigenvalue weighted by molar-refractivity contribution is -0.140. The Morgan fingerprint density at radius 3 is 2.62 bits per heavy atom. The van der Waals surface area contributed by atoms with Crippen molar-refractivity contribution in [3.63, 3.8) is 0 Å². The smallest absolute Gasteiger partial charge is 0.243 e. The molecule has 0 aliphatic heterocycles. The van der Waals surface area contributed by atoms with Gasteiger partial charge < -0.3 is 32.4 Å². The number of nitrogens with one attached hydrogen (secondary N) is 2. The van der Waals surface area contributed by atoms with E-state index in [1.165, 1.54) is 16.7 Å². The largest absolute Gasteiger partial charge is 0.361 e. The summed E-state index contributed by atoms with van der Waals surface area (Å²) in [4.78, 5) is 46.3. The summed E-state index contributed by atoms with van der Waals surface area (Å²) in [5.74, 6) is -0.636. The first-order chi connectivity index (χ1) is 23.3. The molecule has 0 saturated carbocycles. The van der Waals surface area contributed by atoms with Gasteiger partial charge in [0.05, 0.1) is 23.0 Å². The SMILES string of the molecule is CN(C(=O)[C@@H](N)CCCCN)[C@@H](Cc1c[nH]c2ccccc12)C(=O)NCc1cc(-c2cnccn2)cc(Cl)c1Sc1ncccc1CN. The van der Waals surface area contributed by atoms with Crippen molar-refractivity contribution < 1.29 is 9.59 Å². The summed E-state index contributed by atoms with van der Waals surface area (Å²) in [5.41, 5.74) is 22.8. The number of fused-ring (bicyclic) bond motifs is 1. The Hall–Kier alpha value is -4.33. The number of carbonyl (C=O) groups excluding carboxylic acids is 2. The lowest BCUT2D eigenvalue weighted by Gasteiger charge is -2.30. The molecule has 0 bridgehead atoms. The van der Waals surface area contributed by atoms with Gasteiger partial charge in [-0.2, -0.15) is 0 Å². The summed E-state index contributed by atoms with van der Waals surface area (Å²) in [6, 6.07) is 13.8. The minimum absolute atomic E-state index is 0.120. The Morgan fingerprint density at radius 1 is 1.02 bits per heavy atom. The van der Waals surface area contributed by atoms with Gasteiger partial charge in [0.15, 0.2) is 0 Å². The number of nitrogens with two attached hydrogens (primary N) is 3. The molecule has 3 heterocycles. The summed E-state index contributed by atoms with van der Waals surface area (Å²) in [6.07, 6.45) is 10.7. The zero-order chi connectivity index (χ0) is 34.0. The predicted octanol–water partition coefficient (Wildman–Crippen LogP) is 4.43. The second-order valence-electron chi connectivity index (χ2n) is 11.4. The van der Waals surface area contributed by atoms with E-state index in [9.17, 15) is 9.59 Å². The summed E-state index contributed by atoms with van der Waals surface area (Å²) in [5, 5.41) is 5.26. The molecule has 5 aromatic rings. The fraction of sp³-hybridized carbons (Fsp3) is 0.286. The highest BCUT2D eigenvalue weighted by atomic mass is 35.5. The van der Waals surface area contributed by atoms with Gasteiger partial charge in [-0.05, 0) is 60.3 Å². The topological polar surface area (TPSA) is 182 Å². The van der Waals surface area contributed by atoms with Crippen molar-refractivity contribution in [3.05, 3.63) is 101 Å². The van der Waals surface area contributed by atoms with E-state index in [0.717, 1.165) is 50.9 Å². The van der Waals surface area contributed by atoms with Crippen LogP contribution in [0.15, 0.2) is 89.4 Å². The van der Waals surface area contributed by atoms with Crippen molar-refractivity contribution in [3.8, 4) is 11.3 Å². The van der Waals surface area contributed by atoms with Crippen LogP contribution in [0.2, 0.25) is 5.02 Å². The second-order valence-corrected chi connectivity index (χ2v) is 12.9. The number of likely N-dealkylation sites (N-methyl/N-ethyl adjacent to an activating group) is 1. The number of aromatic amines is 1. The van der Waals surface area contributed by atoms with Crippen molar-refractivity contribution >= 4 is 46.1 Å². The van der Waals surface area contributed by atoms with Gasteiger partial charge in [0.2, 0.25) is 11.8 Å². The zero-order valence-corrected chi connectivity index (χ0v) is 28.3. The molecule has 8 N–H and O–H groups in total. The number of hydrogen-bond acceptors (Lipinski definition) is 9. The maximum Gasteiger partial charge on any atom is 0.243 e. The molecule has 2 amide bonds. The zero-order valence-electron chi connectivity index (χ0n) is 26.7. The number of rotatable bonds is 15. The predicted molar refractivity (Wildman–Crippen MR) is 190 cm³/mol. The van der Waals surface area contributed by atoms with Crippen LogP contribution in [0.1, 0.15) is 36.0 Å². The lowest BCUT2D eigenvalue weighted by atomic mass is 10.0. The van der Waals surface area contributed by atoms with E-state index < -0.39 is 12.1 Å². The van der Waals surface area contributed by atoms with Gasteiger partial charge in [-0.15, -0.1) is 0 Å². The van der Waals surface area contributed by atoms with Crippen molar-refractivity contribution in [1.82, 2.24) is 30.2 Å². The minimum atomic E-state index is -0.841. The van der Waals surface area contributed by atoms with Crippen molar-refractivity contribution in [2.75, 3.05) is 13.6 Å². The maximum absolute atomic E-state index is 14.2. The highest BCUT2D eigenvalue weighted by Gasteiger charge is 2.31. The Kier molecular flexibility index (Phi) is 12.2. The van der Waals surface area contributed by atoms with Crippen LogP contribution in [-0.2, 0) is 29.1 Å². The van der Waals surface area contributed by atoms with Crippen LogP contribution in [0, 0.1) is 0 Å². The van der Waals surface area contributed by atoms with Crippen LogP contribution >= 0.6 is 23.4 Å². The van der Waals surface area contributed by atoms with Gasteiger partial charge in [0.1, 0.15) is 11.1 Å².